The summed E-state index contributed by atoms with van der Waals surface area (Å²) in [5.74, 6) is -0.531. The molecule has 2 saturated heterocycles. The Balaban J connectivity index is 1.67. The normalized spacial score (nSPS) is 25.8. The molecular weight excluding hydrogens is 289 g/mol. The monoisotopic (exact) mass is 307 g/mol. The highest BCUT2D eigenvalue weighted by Gasteiger charge is 2.34. The van der Waals surface area contributed by atoms with Crippen molar-refractivity contribution in [2.75, 3.05) is 26.2 Å². The number of halogens is 1. The topological polar surface area (TPSA) is 72.9 Å². The quantitative estimate of drug-likeness (QED) is 0.794. The second kappa shape index (κ2) is 6.02. The lowest BCUT2D eigenvalue weighted by molar-refractivity contribution is -0.125. The van der Waals surface area contributed by atoms with Gasteiger partial charge in [0.1, 0.15) is 5.82 Å². The first-order valence-corrected chi connectivity index (χ1v) is 7.30. The highest BCUT2D eigenvalue weighted by molar-refractivity contribution is 6.01. The van der Waals surface area contributed by atoms with Crippen LogP contribution in [0.5, 0.6) is 0 Å². The summed E-state index contributed by atoms with van der Waals surface area (Å²) in [7, 11) is 0. The van der Waals surface area contributed by atoms with Gasteiger partial charge in [0, 0.05) is 25.7 Å². The molecule has 1 aromatic rings. The minimum atomic E-state index is -0.460. The number of β-amino-alcohol motifs (C(OH)–C–C–N with tert-alkyl or cyclic N) is 1. The number of nitrogens with zero attached hydrogens (tertiary/aromatic N) is 2. The number of amides is 3. The molecular formula is C15H18FN3O3. The molecule has 118 valence electrons. The van der Waals surface area contributed by atoms with E-state index in [1.165, 1.54) is 17.0 Å². The molecule has 0 aromatic heterocycles. The summed E-state index contributed by atoms with van der Waals surface area (Å²) in [6.45, 7) is 1.29. The van der Waals surface area contributed by atoms with Gasteiger partial charge in [-0.3, -0.25) is 14.6 Å². The van der Waals surface area contributed by atoms with Crippen LogP contribution in [0.2, 0.25) is 0 Å². The number of carbonyl (C=O) groups is 2. The molecule has 0 unspecified atom stereocenters. The van der Waals surface area contributed by atoms with Crippen LogP contribution in [0.4, 0.5) is 9.18 Å². The standard InChI is InChI=1S/C15H18FN3O3/c16-11-3-1-10(2-4-11)13-7-12(20)9-18(13)5-6-19-14(21)8-17-15(19)22/h1-4,12-13,20H,5-9H2,(H,17,22)/t12-,13+/m0/s1. The lowest BCUT2D eigenvalue weighted by atomic mass is 10.0. The van der Waals surface area contributed by atoms with Crippen LogP contribution in [-0.2, 0) is 4.79 Å². The van der Waals surface area contributed by atoms with Crippen molar-refractivity contribution in [3.63, 3.8) is 0 Å². The van der Waals surface area contributed by atoms with Gasteiger partial charge in [0.15, 0.2) is 0 Å². The van der Waals surface area contributed by atoms with Gasteiger partial charge in [-0.2, -0.15) is 0 Å². The molecule has 2 fully saturated rings. The summed E-state index contributed by atoms with van der Waals surface area (Å²) in [5.41, 5.74) is 0.926. The number of benzene rings is 1. The highest BCUT2D eigenvalue weighted by Crippen LogP contribution is 2.31. The SMILES string of the molecule is O=C1CNC(=O)N1CCN1C[C@@H](O)C[C@@H]1c1ccc(F)cc1. The predicted octanol–water partition coefficient (Wildman–Crippen LogP) is 0.485. The summed E-state index contributed by atoms with van der Waals surface area (Å²) in [6, 6.07) is 5.81. The fraction of sp³-hybridized carbons (Fsp3) is 0.467. The Morgan fingerprint density at radius 2 is 1.95 bits per heavy atom. The first kappa shape index (κ1) is 14.9. The Hall–Kier alpha value is -1.99. The average Bonchev–Trinajstić information content (AvgIpc) is 3.01. The fourth-order valence-corrected chi connectivity index (χ4v) is 3.07. The summed E-state index contributed by atoms with van der Waals surface area (Å²) in [4.78, 5) is 26.3. The van der Waals surface area contributed by atoms with E-state index in [0.717, 1.165) is 5.56 Å². The van der Waals surface area contributed by atoms with E-state index in [4.69, 9.17) is 0 Å². The summed E-state index contributed by atoms with van der Waals surface area (Å²) in [6.07, 6.45) is 0.101. The molecule has 3 rings (SSSR count). The van der Waals surface area contributed by atoms with Crippen molar-refractivity contribution in [2.45, 2.75) is 18.6 Å². The third-order valence-electron chi connectivity index (χ3n) is 4.18. The van der Waals surface area contributed by atoms with Gasteiger partial charge in [-0.15, -0.1) is 0 Å². The Morgan fingerprint density at radius 1 is 1.23 bits per heavy atom. The number of carbonyl (C=O) groups excluding carboxylic acids is 2. The highest BCUT2D eigenvalue weighted by atomic mass is 19.1. The number of nitrogens with one attached hydrogen (secondary N) is 1. The van der Waals surface area contributed by atoms with E-state index in [0.29, 0.717) is 19.5 Å². The van der Waals surface area contributed by atoms with Crippen LogP contribution in [0.1, 0.15) is 18.0 Å². The van der Waals surface area contributed by atoms with Crippen LogP contribution in [0.25, 0.3) is 0 Å². The van der Waals surface area contributed by atoms with E-state index in [1.807, 2.05) is 4.90 Å². The van der Waals surface area contributed by atoms with Gasteiger partial charge in [-0.05, 0) is 24.1 Å². The molecule has 22 heavy (non-hydrogen) atoms. The van der Waals surface area contributed by atoms with Gasteiger partial charge in [-0.1, -0.05) is 12.1 Å². The van der Waals surface area contributed by atoms with Gasteiger partial charge in [-0.25, -0.2) is 9.18 Å². The zero-order valence-corrected chi connectivity index (χ0v) is 12.0. The number of urea groups is 1. The molecule has 2 aliphatic rings. The van der Waals surface area contributed by atoms with Crippen molar-refractivity contribution in [3.05, 3.63) is 35.6 Å². The Kier molecular flexibility index (Phi) is 4.08. The summed E-state index contributed by atoms with van der Waals surface area (Å²) in [5, 5.41) is 12.4. The average molecular weight is 307 g/mol. The zero-order valence-electron chi connectivity index (χ0n) is 12.0. The van der Waals surface area contributed by atoms with Gasteiger partial charge in [0.25, 0.3) is 0 Å². The minimum absolute atomic E-state index is 0.0311. The van der Waals surface area contributed by atoms with Crippen LogP contribution in [0.15, 0.2) is 24.3 Å². The maximum absolute atomic E-state index is 13.0. The largest absolute Gasteiger partial charge is 0.392 e. The van der Waals surface area contributed by atoms with Crippen LogP contribution in [0, 0.1) is 5.82 Å². The second-order valence-corrected chi connectivity index (χ2v) is 5.66. The number of hydrogen-bond donors (Lipinski definition) is 2. The number of aliphatic hydroxyl groups excluding tert-OH is 1. The minimum Gasteiger partial charge on any atom is -0.392 e. The maximum atomic E-state index is 13.0. The molecule has 7 heteroatoms. The van der Waals surface area contributed by atoms with E-state index in [-0.39, 0.29) is 36.9 Å². The van der Waals surface area contributed by atoms with Crippen molar-refractivity contribution >= 4 is 11.9 Å². The molecule has 2 aliphatic heterocycles. The Morgan fingerprint density at radius 3 is 2.59 bits per heavy atom. The molecule has 3 amide bonds. The first-order chi connectivity index (χ1) is 10.5. The molecule has 0 aliphatic carbocycles. The number of hydrogen-bond acceptors (Lipinski definition) is 4. The van der Waals surface area contributed by atoms with Gasteiger partial charge in [0.2, 0.25) is 5.91 Å². The third-order valence-corrected chi connectivity index (χ3v) is 4.18. The lowest BCUT2D eigenvalue weighted by Crippen LogP contribution is -2.39. The lowest BCUT2D eigenvalue weighted by Gasteiger charge is -2.26. The molecule has 1 aromatic carbocycles. The molecule has 2 heterocycles. The number of rotatable bonds is 4. The molecule has 6 nitrogen and oxygen atoms in total. The third kappa shape index (κ3) is 2.95. The van der Waals surface area contributed by atoms with Crippen molar-refractivity contribution in [3.8, 4) is 0 Å². The number of aliphatic hydroxyl groups is 1. The van der Waals surface area contributed by atoms with Crippen LogP contribution >= 0.6 is 0 Å². The molecule has 0 bridgehead atoms. The Labute approximate surface area is 127 Å². The Bertz CT molecular complexity index is 562. The summed E-state index contributed by atoms with van der Waals surface area (Å²) >= 11 is 0. The first-order valence-electron chi connectivity index (χ1n) is 7.30. The van der Waals surface area contributed by atoms with E-state index in [2.05, 4.69) is 5.32 Å². The van der Waals surface area contributed by atoms with Crippen LogP contribution in [-0.4, -0.2) is 59.1 Å². The molecule has 0 radical (unpaired) electrons. The number of imide groups is 1. The van der Waals surface area contributed by atoms with Crippen molar-refractivity contribution < 1.29 is 19.1 Å². The van der Waals surface area contributed by atoms with E-state index in [1.54, 1.807) is 12.1 Å². The van der Waals surface area contributed by atoms with E-state index in [9.17, 15) is 19.1 Å². The second-order valence-electron chi connectivity index (χ2n) is 5.66. The van der Waals surface area contributed by atoms with Gasteiger partial charge in [0.05, 0.1) is 12.6 Å². The number of likely N-dealkylation sites (tertiary alicyclic amines) is 1. The van der Waals surface area contributed by atoms with Crippen LogP contribution in [0.3, 0.4) is 0 Å². The smallest absolute Gasteiger partial charge is 0.324 e. The van der Waals surface area contributed by atoms with E-state index >= 15 is 0 Å². The van der Waals surface area contributed by atoms with Crippen molar-refractivity contribution in [1.29, 1.82) is 0 Å². The predicted molar refractivity (Wildman–Crippen MR) is 76.4 cm³/mol. The fourth-order valence-electron chi connectivity index (χ4n) is 3.07. The molecule has 0 spiro atoms. The van der Waals surface area contributed by atoms with Gasteiger partial charge >= 0.3 is 6.03 Å². The van der Waals surface area contributed by atoms with Crippen molar-refractivity contribution in [1.82, 2.24) is 15.1 Å². The molecule has 0 saturated carbocycles. The molecule has 2 atom stereocenters. The zero-order chi connectivity index (χ0) is 15.7. The van der Waals surface area contributed by atoms with Gasteiger partial charge < -0.3 is 10.4 Å². The summed E-state index contributed by atoms with van der Waals surface area (Å²) < 4.78 is 13.0. The van der Waals surface area contributed by atoms with E-state index < -0.39 is 6.10 Å². The van der Waals surface area contributed by atoms with Crippen molar-refractivity contribution in [2.24, 2.45) is 0 Å². The van der Waals surface area contributed by atoms with Crippen LogP contribution < -0.4 is 5.32 Å². The maximum Gasteiger partial charge on any atom is 0.324 e. The molecule has 2 N–H and O–H groups in total.